The van der Waals surface area contributed by atoms with Crippen LogP contribution in [0, 0.1) is 5.82 Å². The maximum absolute atomic E-state index is 12.8. The average Bonchev–Trinajstić information content (AvgIpc) is 2.77. The Morgan fingerprint density at radius 3 is 2.42 bits per heavy atom. The van der Waals surface area contributed by atoms with Gasteiger partial charge < -0.3 is 0 Å². The summed E-state index contributed by atoms with van der Waals surface area (Å²) in [5.41, 5.74) is 0.830. The van der Waals surface area contributed by atoms with Gasteiger partial charge in [-0.05, 0) is 30.2 Å². The van der Waals surface area contributed by atoms with E-state index >= 15 is 0 Å². The molecule has 102 valence electrons. The summed E-state index contributed by atoms with van der Waals surface area (Å²) in [7, 11) is -3.74. The molecule has 0 aliphatic heterocycles. The molecule has 0 atom stereocenters. The van der Waals surface area contributed by atoms with Gasteiger partial charge in [0, 0.05) is 11.8 Å². The van der Waals surface area contributed by atoms with E-state index in [9.17, 15) is 12.8 Å². The number of anilines is 1. The van der Waals surface area contributed by atoms with Crippen molar-refractivity contribution in [3.8, 4) is 0 Å². The number of hydrogen-bond donors (Lipinski definition) is 2. The number of aromatic nitrogens is 2. The van der Waals surface area contributed by atoms with Crippen LogP contribution < -0.4 is 4.72 Å². The Kier molecular flexibility index (Phi) is 3.57. The molecule has 2 rings (SSSR count). The minimum atomic E-state index is -3.74. The van der Waals surface area contributed by atoms with Crippen LogP contribution in [0.25, 0.3) is 0 Å². The summed E-state index contributed by atoms with van der Waals surface area (Å²) < 4.78 is 39.1. The van der Waals surface area contributed by atoms with E-state index in [-0.39, 0.29) is 16.6 Å². The van der Waals surface area contributed by atoms with Gasteiger partial charge in [0.15, 0.2) is 5.82 Å². The van der Waals surface area contributed by atoms with Crippen molar-refractivity contribution in [3.63, 3.8) is 0 Å². The van der Waals surface area contributed by atoms with E-state index < -0.39 is 15.8 Å². The Bertz CT molecular complexity index is 663. The first-order chi connectivity index (χ1) is 8.88. The maximum atomic E-state index is 12.8. The zero-order chi connectivity index (χ0) is 14.0. The molecule has 0 aliphatic carbocycles. The highest BCUT2D eigenvalue weighted by Gasteiger charge is 2.16. The third-order valence-corrected chi connectivity index (χ3v) is 3.95. The van der Waals surface area contributed by atoms with E-state index in [1.54, 1.807) is 6.07 Å². The Morgan fingerprint density at radius 2 is 1.89 bits per heavy atom. The van der Waals surface area contributed by atoms with Crippen molar-refractivity contribution >= 4 is 15.8 Å². The van der Waals surface area contributed by atoms with Crippen LogP contribution in [-0.2, 0) is 10.0 Å². The molecule has 2 N–H and O–H groups in total. The van der Waals surface area contributed by atoms with Crippen molar-refractivity contribution in [1.82, 2.24) is 10.2 Å². The Hall–Kier alpha value is -1.89. The van der Waals surface area contributed by atoms with E-state index in [1.807, 2.05) is 13.8 Å². The number of sulfonamides is 1. The van der Waals surface area contributed by atoms with Crippen molar-refractivity contribution < 1.29 is 12.8 Å². The van der Waals surface area contributed by atoms with Gasteiger partial charge in [0.05, 0.1) is 4.90 Å². The van der Waals surface area contributed by atoms with E-state index in [4.69, 9.17) is 0 Å². The number of nitrogens with one attached hydrogen (secondary N) is 2. The van der Waals surface area contributed by atoms with Gasteiger partial charge in [-0.2, -0.15) is 5.10 Å². The largest absolute Gasteiger partial charge is 0.280 e. The molecule has 2 aromatic rings. The summed E-state index contributed by atoms with van der Waals surface area (Å²) in [6.45, 7) is 3.93. The molecule has 7 heteroatoms. The Balaban J connectivity index is 2.23. The third-order valence-electron chi connectivity index (χ3n) is 2.58. The van der Waals surface area contributed by atoms with Gasteiger partial charge in [0.25, 0.3) is 10.0 Å². The SMILES string of the molecule is CC(C)c1cc(NS(=O)(=O)c2ccc(F)cc2)n[nH]1. The lowest BCUT2D eigenvalue weighted by atomic mass is 10.1. The Labute approximate surface area is 110 Å². The highest BCUT2D eigenvalue weighted by molar-refractivity contribution is 7.92. The maximum Gasteiger partial charge on any atom is 0.263 e. The molecule has 0 saturated carbocycles. The molecule has 0 unspecified atom stereocenters. The fourth-order valence-corrected chi connectivity index (χ4v) is 2.49. The number of benzene rings is 1. The second-order valence-electron chi connectivity index (χ2n) is 4.42. The fourth-order valence-electron chi connectivity index (χ4n) is 1.50. The van der Waals surface area contributed by atoms with Crippen molar-refractivity contribution in [3.05, 3.63) is 41.8 Å². The summed E-state index contributed by atoms with van der Waals surface area (Å²) in [5, 5.41) is 6.63. The molecule has 1 heterocycles. The molecule has 0 radical (unpaired) electrons. The van der Waals surface area contributed by atoms with Crippen molar-refractivity contribution in [2.24, 2.45) is 0 Å². The number of halogens is 1. The van der Waals surface area contributed by atoms with Crippen LogP contribution in [0.4, 0.5) is 10.2 Å². The third kappa shape index (κ3) is 3.11. The normalized spacial score (nSPS) is 11.8. The molecular formula is C12H14FN3O2S. The van der Waals surface area contributed by atoms with Crippen LogP contribution in [-0.4, -0.2) is 18.6 Å². The number of hydrogen-bond acceptors (Lipinski definition) is 3. The van der Waals surface area contributed by atoms with Crippen LogP contribution in [0.3, 0.4) is 0 Å². The summed E-state index contributed by atoms with van der Waals surface area (Å²) in [6, 6.07) is 6.23. The topological polar surface area (TPSA) is 74.8 Å². The molecule has 5 nitrogen and oxygen atoms in total. The molecule has 0 amide bonds. The second-order valence-corrected chi connectivity index (χ2v) is 6.11. The first-order valence-corrected chi connectivity index (χ1v) is 7.20. The van der Waals surface area contributed by atoms with E-state index in [0.717, 1.165) is 17.8 Å². The van der Waals surface area contributed by atoms with E-state index in [2.05, 4.69) is 14.9 Å². The minimum absolute atomic E-state index is 0.0111. The van der Waals surface area contributed by atoms with Crippen molar-refractivity contribution in [2.75, 3.05) is 4.72 Å². The quantitative estimate of drug-likeness (QED) is 0.905. The summed E-state index contributed by atoms with van der Waals surface area (Å²) in [5.74, 6) is -0.0505. The van der Waals surface area contributed by atoms with Gasteiger partial charge in [-0.1, -0.05) is 13.8 Å². The zero-order valence-corrected chi connectivity index (χ0v) is 11.3. The van der Waals surface area contributed by atoms with Crippen molar-refractivity contribution in [1.29, 1.82) is 0 Å². The predicted octanol–water partition coefficient (Wildman–Crippen LogP) is 2.47. The summed E-state index contributed by atoms with van der Waals surface area (Å²) in [4.78, 5) is -0.0111. The number of aromatic amines is 1. The van der Waals surface area contributed by atoms with Crippen LogP contribution in [0.15, 0.2) is 35.2 Å². The van der Waals surface area contributed by atoms with Gasteiger partial charge in [-0.3, -0.25) is 9.82 Å². The molecular weight excluding hydrogens is 269 g/mol. The first-order valence-electron chi connectivity index (χ1n) is 5.72. The lowest BCUT2D eigenvalue weighted by Gasteiger charge is -2.04. The van der Waals surface area contributed by atoms with E-state index in [0.29, 0.717) is 0 Å². The molecule has 0 saturated heterocycles. The minimum Gasteiger partial charge on any atom is -0.280 e. The highest BCUT2D eigenvalue weighted by atomic mass is 32.2. The summed E-state index contributed by atoms with van der Waals surface area (Å²) >= 11 is 0. The Morgan fingerprint density at radius 1 is 1.26 bits per heavy atom. The van der Waals surface area contributed by atoms with Crippen LogP contribution >= 0.6 is 0 Å². The molecule has 0 bridgehead atoms. The van der Waals surface area contributed by atoms with Crippen LogP contribution in [0.2, 0.25) is 0 Å². The highest BCUT2D eigenvalue weighted by Crippen LogP contribution is 2.18. The first kappa shape index (κ1) is 13.5. The fraction of sp³-hybridized carbons (Fsp3) is 0.250. The molecule has 0 fully saturated rings. The lowest BCUT2D eigenvalue weighted by molar-refractivity contribution is 0.599. The average molecular weight is 283 g/mol. The van der Waals surface area contributed by atoms with Gasteiger partial charge in [0.1, 0.15) is 5.82 Å². The van der Waals surface area contributed by atoms with Gasteiger partial charge in [-0.25, -0.2) is 12.8 Å². The zero-order valence-electron chi connectivity index (χ0n) is 10.5. The number of rotatable bonds is 4. The monoisotopic (exact) mass is 283 g/mol. The van der Waals surface area contributed by atoms with E-state index in [1.165, 1.54) is 12.1 Å². The van der Waals surface area contributed by atoms with Crippen molar-refractivity contribution in [2.45, 2.75) is 24.7 Å². The number of H-pyrrole nitrogens is 1. The molecule has 0 aliphatic rings. The molecule has 0 spiro atoms. The van der Waals surface area contributed by atoms with Crippen LogP contribution in [0.5, 0.6) is 0 Å². The standard InChI is InChI=1S/C12H14FN3O2S/c1-8(2)11-7-12(15-14-11)16-19(17,18)10-5-3-9(13)4-6-10/h3-8H,1-2H3,(H2,14,15,16). The second kappa shape index (κ2) is 5.00. The number of nitrogens with zero attached hydrogens (tertiary/aromatic N) is 1. The molecule has 19 heavy (non-hydrogen) atoms. The lowest BCUT2D eigenvalue weighted by Crippen LogP contribution is -2.13. The smallest absolute Gasteiger partial charge is 0.263 e. The van der Waals surface area contributed by atoms with Gasteiger partial charge >= 0.3 is 0 Å². The van der Waals surface area contributed by atoms with Gasteiger partial charge in [-0.15, -0.1) is 0 Å². The molecule has 1 aromatic heterocycles. The predicted molar refractivity (Wildman–Crippen MR) is 69.9 cm³/mol. The van der Waals surface area contributed by atoms with Gasteiger partial charge in [0.2, 0.25) is 0 Å². The molecule has 1 aromatic carbocycles. The van der Waals surface area contributed by atoms with Crippen LogP contribution in [0.1, 0.15) is 25.5 Å². The summed E-state index contributed by atoms with van der Waals surface area (Å²) in [6.07, 6.45) is 0.